The van der Waals surface area contributed by atoms with Gasteiger partial charge in [-0.25, -0.2) is 4.98 Å². The Morgan fingerprint density at radius 3 is 2.61 bits per heavy atom. The molecular weight excluding hydrogens is 290 g/mol. The molecule has 2 rings (SSSR count). The molecule has 1 aromatic heterocycles. The Morgan fingerprint density at radius 1 is 1.30 bits per heavy atom. The monoisotopic (exact) mass is 309 g/mol. The first-order chi connectivity index (χ1) is 11.1. The maximum Gasteiger partial charge on any atom is 0.269 e. The number of hydrogen-bond donors (Lipinski definition) is 2. The van der Waals surface area contributed by atoms with Crippen LogP contribution in [0.3, 0.4) is 0 Å². The standard InChI is InChI=1S/C18H19N3O2/c1-13(22)9-16(15-5-3-2-4-6-15)12-21-18(23)17-8-7-14(10-19)11-20-17/h2-8,11,13,16,22H,9,12H2,1H3,(H,21,23). The minimum absolute atomic E-state index is 0.0264. The first-order valence-electron chi connectivity index (χ1n) is 7.47. The predicted molar refractivity (Wildman–Crippen MR) is 86.8 cm³/mol. The lowest BCUT2D eigenvalue weighted by Crippen LogP contribution is -2.30. The zero-order valence-electron chi connectivity index (χ0n) is 12.9. The van der Waals surface area contributed by atoms with Crippen molar-refractivity contribution in [2.75, 3.05) is 6.54 Å². The first kappa shape index (κ1) is 16.7. The number of aromatic nitrogens is 1. The van der Waals surface area contributed by atoms with E-state index in [2.05, 4.69) is 10.3 Å². The number of amides is 1. The lowest BCUT2D eigenvalue weighted by atomic mass is 9.93. The topological polar surface area (TPSA) is 86.0 Å². The second-order valence-electron chi connectivity index (χ2n) is 5.45. The molecule has 1 heterocycles. The van der Waals surface area contributed by atoms with Gasteiger partial charge < -0.3 is 10.4 Å². The Labute approximate surface area is 135 Å². The minimum atomic E-state index is -0.454. The SMILES string of the molecule is CC(O)CC(CNC(=O)c1ccc(C#N)cn1)c1ccccc1. The minimum Gasteiger partial charge on any atom is -0.393 e. The van der Waals surface area contributed by atoms with Gasteiger partial charge in [-0.2, -0.15) is 5.26 Å². The Morgan fingerprint density at radius 2 is 2.04 bits per heavy atom. The van der Waals surface area contributed by atoms with E-state index in [1.54, 1.807) is 13.0 Å². The van der Waals surface area contributed by atoms with Crippen LogP contribution in [0.1, 0.15) is 40.9 Å². The fourth-order valence-corrected chi connectivity index (χ4v) is 2.38. The van der Waals surface area contributed by atoms with Crippen molar-refractivity contribution in [3.8, 4) is 6.07 Å². The molecule has 0 aliphatic rings. The molecule has 2 atom stereocenters. The summed E-state index contributed by atoms with van der Waals surface area (Å²) in [6, 6.07) is 14.8. The van der Waals surface area contributed by atoms with Gasteiger partial charge in [-0.3, -0.25) is 4.79 Å². The number of hydrogen-bond acceptors (Lipinski definition) is 4. The van der Waals surface area contributed by atoms with Crippen LogP contribution in [0.15, 0.2) is 48.7 Å². The summed E-state index contributed by atoms with van der Waals surface area (Å²) in [5, 5.41) is 21.3. The predicted octanol–water partition coefficient (Wildman–Crippen LogP) is 2.24. The highest BCUT2D eigenvalue weighted by atomic mass is 16.3. The highest BCUT2D eigenvalue weighted by Gasteiger charge is 2.16. The second kappa shape index (κ2) is 8.06. The third-order valence-electron chi connectivity index (χ3n) is 3.53. The van der Waals surface area contributed by atoms with Gasteiger partial charge in [-0.05, 0) is 31.0 Å². The summed E-state index contributed by atoms with van der Waals surface area (Å²) in [6.07, 6.45) is 1.48. The quantitative estimate of drug-likeness (QED) is 0.857. The van der Waals surface area contributed by atoms with Gasteiger partial charge in [0.1, 0.15) is 11.8 Å². The number of aliphatic hydroxyl groups is 1. The summed E-state index contributed by atoms with van der Waals surface area (Å²) in [5.41, 5.74) is 1.76. The van der Waals surface area contributed by atoms with Crippen molar-refractivity contribution >= 4 is 5.91 Å². The molecule has 5 heteroatoms. The van der Waals surface area contributed by atoms with E-state index < -0.39 is 6.10 Å². The van der Waals surface area contributed by atoms with Gasteiger partial charge in [0.15, 0.2) is 0 Å². The van der Waals surface area contributed by atoms with E-state index >= 15 is 0 Å². The molecule has 118 valence electrons. The molecule has 2 aromatic rings. The van der Waals surface area contributed by atoms with E-state index in [1.165, 1.54) is 12.3 Å². The van der Waals surface area contributed by atoms with Crippen LogP contribution in [0.2, 0.25) is 0 Å². The summed E-state index contributed by atoms with van der Waals surface area (Å²) in [7, 11) is 0. The maximum atomic E-state index is 12.1. The van der Waals surface area contributed by atoms with E-state index in [0.29, 0.717) is 18.5 Å². The average molecular weight is 309 g/mol. The fourth-order valence-electron chi connectivity index (χ4n) is 2.38. The number of rotatable bonds is 6. The maximum absolute atomic E-state index is 12.1. The molecule has 1 aromatic carbocycles. The van der Waals surface area contributed by atoms with Crippen molar-refractivity contribution in [1.29, 1.82) is 5.26 Å². The zero-order chi connectivity index (χ0) is 16.7. The second-order valence-corrected chi connectivity index (χ2v) is 5.45. The van der Waals surface area contributed by atoms with Gasteiger partial charge in [0.05, 0.1) is 11.7 Å². The Bertz CT molecular complexity index is 676. The van der Waals surface area contributed by atoms with Crippen LogP contribution in [0.5, 0.6) is 0 Å². The van der Waals surface area contributed by atoms with Crippen LogP contribution in [0.4, 0.5) is 0 Å². The van der Waals surface area contributed by atoms with Crippen molar-refractivity contribution < 1.29 is 9.90 Å². The van der Waals surface area contributed by atoms with Gasteiger partial charge in [0.2, 0.25) is 0 Å². The first-order valence-corrected chi connectivity index (χ1v) is 7.47. The van der Waals surface area contributed by atoms with Crippen LogP contribution < -0.4 is 5.32 Å². The molecule has 5 nitrogen and oxygen atoms in total. The number of aliphatic hydroxyl groups excluding tert-OH is 1. The molecule has 2 unspecified atom stereocenters. The highest BCUT2D eigenvalue weighted by molar-refractivity contribution is 5.92. The van der Waals surface area contributed by atoms with Crippen LogP contribution in [0, 0.1) is 11.3 Å². The number of carbonyl (C=O) groups is 1. The van der Waals surface area contributed by atoms with Crippen LogP contribution >= 0.6 is 0 Å². The summed E-state index contributed by atoms with van der Waals surface area (Å²) in [6.45, 7) is 2.15. The van der Waals surface area contributed by atoms with Crippen LogP contribution in [-0.4, -0.2) is 28.6 Å². The lowest BCUT2D eigenvalue weighted by molar-refractivity contribution is 0.0940. The number of nitrogens with one attached hydrogen (secondary N) is 1. The number of benzene rings is 1. The Kier molecular flexibility index (Phi) is 5.84. The van der Waals surface area contributed by atoms with Crippen molar-refractivity contribution in [2.24, 2.45) is 0 Å². The molecular formula is C18H19N3O2. The van der Waals surface area contributed by atoms with Crippen molar-refractivity contribution in [1.82, 2.24) is 10.3 Å². The summed E-state index contributed by atoms with van der Waals surface area (Å²) in [4.78, 5) is 16.1. The fraction of sp³-hybridized carbons (Fsp3) is 0.278. The number of pyridine rings is 1. The van der Waals surface area contributed by atoms with E-state index in [0.717, 1.165) is 5.56 Å². The van der Waals surface area contributed by atoms with E-state index in [-0.39, 0.29) is 17.5 Å². The van der Waals surface area contributed by atoms with Crippen LogP contribution in [0.25, 0.3) is 0 Å². The van der Waals surface area contributed by atoms with E-state index in [4.69, 9.17) is 5.26 Å². The van der Waals surface area contributed by atoms with E-state index in [1.807, 2.05) is 36.4 Å². The number of nitriles is 1. The smallest absolute Gasteiger partial charge is 0.269 e. The Balaban J connectivity index is 2.02. The average Bonchev–Trinajstić information content (AvgIpc) is 2.59. The van der Waals surface area contributed by atoms with Crippen molar-refractivity contribution in [2.45, 2.75) is 25.4 Å². The van der Waals surface area contributed by atoms with Gasteiger partial charge in [-0.15, -0.1) is 0 Å². The third-order valence-corrected chi connectivity index (χ3v) is 3.53. The van der Waals surface area contributed by atoms with Gasteiger partial charge in [0, 0.05) is 18.7 Å². The summed E-state index contributed by atoms with van der Waals surface area (Å²) >= 11 is 0. The van der Waals surface area contributed by atoms with E-state index in [9.17, 15) is 9.90 Å². The van der Waals surface area contributed by atoms with Gasteiger partial charge >= 0.3 is 0 Å². The zero-order valence-corrected chi connectivity index (χ0v) is 12.9. The molecule has 0 saturated carbocycles. The highest BCUT2D eigenvalue weighted by Crippen LogP contribution is 2.20. The van der Waals surface area contributed by atoms with Crippen molar-refractivity contribution in [3.63, 3.8) is 0 Å². The third kappa shape index (κ3) is 4.90. The molecule has 1 amide bonds. The van der Waals surface area contributed by atoms with Crippen molar-refractivity contribution in [3.05, 3.63) is 65.5 Å². The molecule has 0 saturated heterocycles. The molecule has 0 bridgehead atoms. The summed E-state index contributed by atoms with van der Waals surface area (Å²) in [5.74, 6) is -0.264. The summed E-state index contributed by atoms with van der Waals surface area (Å²) < 4.78 is 0. The largest absolute Gasteiger partial charge is 0.393 e. The molecule has 23 heavy (non-hydrogen) atoms. The normalized spacial score (nSPS) is 12.9. The molecule has 2 N–H and O–H groups in total. The van der Waals surface area contributed by atoms with Crippen LogP contribution in [-0.2, 0) is 0 Å². The molecule has 0 aliphatic heterocycles. The Hall–Kier alpha value is -2.71. The van der Waals surface area contributed by atoms with Gasteiger partial charge in [0.25, 0.3) is 5.91 Å². The number of carbonyl (C=O) groups excluding carboxylic acids is 1. The molecule has 0 spiro atoms. The molecule has 0 radical (unpaired) electrons. The lowest BCUT2D eigenvalue weighted by Gasteiger charge is -2.19. The number of nitrogens with zero attached hydrogens (tertiary/aromatic N) is 2. The molecule has 0 aliphatic carbocycles. The van der Waals surface area contributed by atoms with Gasteiger partial charge in [-0.1, -0.05) is 30.3 Å². The molecule has 0 fully saturated rings.